The summed E-state index contributed by atoms with van der Waals surface area (Å²) in [4.78, 5) is 23.0. The van der Waals surface area contributed by atoms with Crippen LogP contribution in [0.25, 0.3) is 0 Å². The lowest BCUT2D eigenvalue weighted by molar-refractivity contribution is -0.625. The molecule has 0 heterocycles. The van der Waals surface area contributed by atoms with Crippen LogP contribution in [0.3, 0.4) is 0 Å². The van der Waals surface area contributed by atoms with Gasteiger partial charge in [0.05, 0.1) is 5.54 Å². The molecular weight excluding hydrogens is 314 g/mol. The minimum Gasteiger partial charge on any atom is -0.444 e. The minimum absolute atomic E-state index is 0.103. The Labute approximate surface area is 147 Å². The number of carbonyl (C=O) groups excluding carboxylic acids is 2. The molecule has 0 radical (unpaired) electrons. The molecule has 1 N–H and O–H groups in total. The van der Waals surface area contributed by atoms with Crippen molar-refractivity contribution in [2.75, 3.05) is 0 Å². The Hall–Kier alpha value is -1.84. The van der Waals surface area contributed by atoms with Crippen molar-refractivity contribution in [3.8, 4) is 0 Å². The Morgan fingerprint density at radius 2 is 1.64 bits per heavy atom. The van der Waals surface area contributed by atoms with E-state index in [1.54, 1.807) is 0 Å². The van der Waals surface area contributed by atoms with Gasteiger partial charge in [-0.05, 0) is 73.7 Å². The van der Waals surface area contributed by atoms with Gasteiger partial charge in [-0.3, -0.25) is 4.79 Å². The minimum atomic E-state index is -0.433. The van der Waals surface area contributed by atoms with E-state index >= 15 is 0 Å². The number of rotatable bonds is 4. The summed E-state index contributed by atoms with van der Waals surface area (Å²) >= 11 is 0. The van der Waals surface area contributed by atoms with Gasteiger partial charge in [0.15, 0.2) is 0 Å². The molecule has 6 aliphatic carbocycles. The van der Waals surface area contributed by atoms with Crippen molar-refractivity contribution < 1.29 is 14.3 Å². The predicted octanol–water partition coefficient (Wildman–Crippen LogP) is 3.06. The highest BCUT2D eigenvalue weighted by Gasteiger charge is 3.09. The van der Waals surface area contributed by atoms with Crippen LogP contribution in [-0.2, 0) is 11.2 Å². The van der Waals surface area contributed by atoms with Gasteiger partial charge in [-0.1, -0.05) is 24.3 Å². The first kappa shape index (κ1) is 14.3. The molecule has 7 rings (SSSR count). The van der Waals surface area contributed by atoms with Crippen LogP contribution in [0.1, 0.15) is 36.7 Å². The molecule has 130 valence electrons. The van der Waals surface area contributed by atoms with Gasteiger partial charge in [-0.25, -0.2) is 4.79 Å². The molecule has 1 amide bonds. The highest BCUT2D eigenvalue weighted by molar-refractivity contribution is 5.75. The quantitative estimate of drug-likeness (QED) is 0.859. The maximum Gasteiger partial charge on any atom is 0.408 e. The Bertz CT molecular complexity index is 765. The van der Waals surface area contributed by atoms with Gasteiger partial charge in [0.1, 0.15) is 11.9 Å². The van der Waals surface area contributed by atoms with E-state index in [1.807, 2.05) is 32.9 Å². The standard InChI is InChI=1S/C21H23NO3/c1-19(2,3)25-18(24)22-21-15-12-16(21)14-17(21)13(15)20(12,14)8-10-4-6-11(9-23)7-5-10/h4-7,9,12-17H,8H2,1-3H3,(H,22,24). The van der Waals surface area contributed by atoms with Gasteiger partial charge in [0, 0.05) is 5.56 Å². The topological polar surface area (TPSA) is 55.4 Å². The van der Waals surface area contributed by atoms with Gasteiger partial charge in [0.2, 0.25) is 0 Å². The summed E-state index contributed by atoms with van der Waals surface area (Å²) in [5.74, 6) is 4.55. The van der Waals surface area contributed by atoms with E-state index in [-0.39, 0.29) is 11.6 Å². The number of hydrogen-bond acceptors (Lipinski definition) is 3. The van der Waals surface area contributed by atoms with Crippen LogP contribution >= 0.6 is 0 Å². The lowest BCUT2D eigenvalue weighted by Gasteiger charge is -3.11. The number of benzene rings is 1. The largest absolute Gasteiger partial charge is 0.444 e. The number of amides is 1. The van der Waals surface area contributed by atoms with Crippen LogP contribution in [0.4, 0.5) is 4.79 Å². The first-order chi connectivity index (χ1) is 11.8. The Morgan fingerprint density at radius 3 is 2.12 bits per heavy atom. The fraction of sp³-hybridized carbons (Fsp3) is 0.619. The highest BCUT2D eigenvalue weighted by Crippen LogP contribution is 3.07. The SMILES string of the molecule is CC(C)(C)OC(=O)NC12C3C4C1C1C2C3C41Cc1ccc(C=O)cc1. The monoisotopic (exact) mass is 337 g/mol. The molecule has 0 unspecified atom stereocenters. The Kier molecular flexibility index (Phi) is 2.17. The number of alkyl carbamates (subject to hydrolysis) is 1. The van der Waals surface area contributed by atoms with E-state index in [9.17, 15) is 9.59 Å². The van der Waals surface area contributed by atoms with Crippen molar-refractivity contribution in [3.63, 3.8) is 0 Å². The molecule has 0 bridgehead atoms. The first-order valence-corrected chi connectivity index (χ1v) is 9.40. The van der Waals surface area contributed by atoms with Crippen molar-refractivity contribution in [1.29, 1.82) is 0 Å². The van der Waals surface area contributed by atoms with Crippen LogP contribution in [0, 0.1) is 40.9 Å². The molecule has 0 saturated heterocycles. The summed E-state index contributed by atoms with van der Waals surface area (Å²) < 4.78 is 5.48. The zero-order chi connectivity index (χ0) is 17.4. The summed E-state index contributed by atoms with van der Waals surface area (Å²) in [6.45, 7) is 5.74. The summed E-state index contributed by atoms with van der Waals surface area (Å²) in [7, 11) is 0. The molecule has 4 heteroatoms. The second kappa shape index (κ2) is 3.79. The van der Waals surface area contributed by atoms with Crippen molar-refractivity contribution in [2.24, 2.45) is 40.9 Å². The van der Waals surface area contributed by atoms with Crippen molar-refractivity contribution in [2.45, 2.75) is 38.3 Å². The average Bonchev–Trinajstić information content (AvgIpc) is 2.56. The third-order valence-electron chi connectivity index (χ3n) is 8.18. The normalized spacial score (nSPS) is 48.6. The van der Waals surface area contributed by atoms with Gasteiger partial charge >= 0.3 is 6.09 Å². The Morgan fingerprint density at radius 1 is 1.08 bits per heavy atom. The van der Waals surface area contributed by atoms with E-state index < -0.39 is 5.60 Å². The van der Waals surface area contributed by atoms with E-state index in [4.69, 9.17) is 4.74 Å². The molecule has 1 aromatic carbocycles. The van der Waals surface area contributed by atoms with Crippen LogP contribution < -0.4 is 5.32 Å². The van der Waals surface area contributed by atoms with Crippen LogP contribution in [0.15, 0.2) is 24.3 Å². The molecule has 6 saturated carbocycles. The van der Waals surface area contributed by atoms with Crippen molar-refractivity contribution in [3.05, 3.63) is 35.4 Å². The number of aldehydes is 1. The van der Waals surface area contributed by atoms with E-state index in [0.717, 1.165) is 36.0 Å². The summed E-state index contributed by atoms with van der Waals surface area (Å²) in [6.07, 6.45) is 1.82. The van der Waals surface area contributed by atoms with Crippen LogP contribution in [0.5, 0.6) is 0 Å². The van der Waals surface area contributed by atoms with Gasteiger partial charge in [-0.15, -0.1) is 0 Å². The summed E-state index contributed by atoms with van der Waals surface area (Å²) in [5.41, 5.74) is 2.30. The molecule has 4 nitrogen and oxygen atoms in total. The average molecular weight is 337 g/mol. The molecule has 6 fully saturated rings. The lowest BCUT2D eigenvalue weighted by atomic mass is 8.94. The second-order valence-corrected chi connectivity index (χ2v) is 9.86. The maximum absolute atomic E-state index is 12.2. The Balaban J connectivity index is 1.16. The zero-order valence-electron chi connectivity index (χ0n) is 14.8. The second-order valence-electron chi connectivity index (χ2n) is 9.86. The molecule has 0 spiro atoms. The molecule has 1 aromatic rings. The van der Waals surface area contributed by atoms with Crippen LogP contribution in [-0.4, -0.2) is 23.5 Å². The third-order valence-corrected chi connectivity index (χ3v) is 8.18. The molecule has 0 aromatic heterocycles. The number of hydrogen-bond donors (Lipinski definition) is 1. The predicted molar refractivity (Wildman–Crippen MR) is 91.0 cm³/mol. The summed E-state index contributed by atoms with van der Waals surface area (Å²) in [5, 5.41) is 3.26. The lowest BCUT2D eigenvalue weighted by Crippen LogP contribution is -3.15. The molecule has 0 aliphatic heterocycles. The molecular formula is C21H23NO3. The molecule has 6 aliphatic rings. The number of carbonyl (C=O) groups is 2. The first-order valence-electron chi connectivity index (χ1n) is 9.40. The fourth-order valence-corrected chi connectivity index (χ4v) is 7.90. The summed E-state index contributed by atoms with van der Waals surface area (Å²) in [6, 6.07) is 8.07. The smallest absolute Gasteiger partial charge is 0.408 e. The molecule has 0 atom stereocenters. The van der Waals surface area contributed by atoms with E-state index in [1.165, 1.54) is 5.56 Å². The van der Waals surface area contributed by atoms with Crippen LogP contribution in [0.2, 0.25) is 0 Å². The molecule has 25 heavy (non-hydrogen) atoms. The van der Waals surface area contributed by atoms with Gasteiger partial charge in [-0.2, -0.15) is 0 Å². The maximum atomic E-state index is 12.2. The van der Waals surface area contributed by atoms with Gasteiger partial charge in [0.25, 0.3) is 0 Å². The third kappa shape index (κ3) is 1.24. The van der Waals surface area contributed by atoms with Crippen molar-refractivity contribution in [1.82, 2.24) is 5.32 Å². The van der Waals surface area contributed by atoms with E-state index in [2.05, 4.69) is 17.4 Å². The zero-order valence-corrected chi connectivity index (χ0v) is 14.8. The highest BCUT2D eigenvalue weighted by atomic mass is 16.6. The number of ether oxygens (including phenoxy) is 1. The van der Waals surface area contributed by atoms with Gasteiger partial charge < -0.3 is 10.1 Å². The van der Waals surface area contributed by atoms with E-state index in [0.29, 0.717) is 23.2 Å². The number of nitrogens with one attached hydrogen (secondary N) is 1. The van der Waals surface area contributed by atoms with Crippen molar-refractivity contribution >= 4 is 12.4 Å². The fourth-order valence-electron chi connectivity index (χ4n) is 7.90.